The van der Waals surface area contributed by atoms with E-state index in [1.165, 1.54) is 6.42 Å². The lowest BCUT2D eigenvalue weighted by atomic mass is 9.93. The lowest BCUT2D eigenvalue weighted by Gasteiger charge is -2.20. The number of methoxy groups -OCH3 is 1. The van der Waals surface area contributed by atoms with E-state index in [1.54, 1.807) is 7.11 Å². The van der Waals surface area contributed by atoms with Crippen molar-refractivity contribution in [3.8, 4) is 0 Å². The van der Waals surface area contributed by atoms with Crippen LogP contribution in [0.25, 0.3) is 0 Å². The Labute approximate surface area is 67.9 Å². The molecule has 1 aliphatic carbocycles. The van der Waals surface area contributed by atoms with Crippen LogP contribution < -0.4 is 0 Å². The molecule has 1 fully saturated rings. The van der Waals surface area contributed by atoms with E-state index in [0.29, 0.717) is 5.92 Å². The first-order chi connectivity index (χ1) is 5.29. The van der Waals surface area contributed by atoms with Crippen LogP contribution in [0.3, 0.4) is 0 Å². The smallest absolute Gasteiger partial charge is 0.123 e. The second kappa shape index (κ2) is 3.86. The maximum atomic E-state index is 10.6. The van der Waals surface area contributed by atoms with Crippen LogP contribution in [0.2, 0.25) is 0 Å². The molecule has 1 saturated carbocycles. The molecule has 0 aromatic carbocycles. The van der Waals surface area contributed by atoms with E-state index in [0.717, 1.165) is 19.1 Å². The second-order valence-electron chi connectivity index (χ2n) is 3.34. The van der Waals surface area contributed by atoms with Gasteiger partial charge in [0, 0.05) is 13.0 Å². The number of ether oxygens (including phenoxy) is 1. The largest absolute Gasteiger partial charge is 0.381 e. The molecule has 1 unspecified atom stereocenters. The Bertz CT molecular complexity index is 134. The van der Waals surface area contributed by atoms with Crippen LogP contribution >= 0.6 is 0 Å². The number of carbonyl (C=O) groups is 1. The van der Waals surface area contributed by atoms with Crippen LogP contribution in [-0.2, 0) is 9.53 Å². The van der Waals surface area contributed by atoms with E-state index in [9.17, 15) is 4.79 Å². The van der Waals surface area contributed by atoms with Gasteiger partial charge in [-0.3, -0.25) is 0 Å². The number of hydrogen-bond donors (Lipinski definition) is 0. The molecule has 0 heterocycles. The third-order valence-corrected chi connectivity index (χ3v) is 2.77. The minimum Gasteiger partial charge on any atom is -0.381 e. The maximum absolute atomic E-state index is 10.6. The van der Waals surface area contributed by atoms with Gasteiger partial charge in [0.15, 0.2) is 0 Å². The summed E-state index contributed by atoms with van der Waals surface area (Å²) in [5.41, 5.74) is 0. The molecule has 0 N–H and O–H groups in total. The lowest BCUT2D eigenvalue weighted by molar-refractivity contribution is -0.113. The van der Waals surface area contributed by atoms with E-state index in [4.69, 9.17) is 4.74 Å². The first-order valence-corrected chi connectivity index (χ1v) is 4.27. The van der Waals surface area contributed by atoms with Crippen LogP contribution in [0.15, 0.2) is 0 Å². The van der Waals surface area contributed by atoms with Gasteiger partial charge < -0.3 is 9.53 Å². The van der Waals surface area contributed by atoms with Gasteiger partial charge in [-0.1, -0.05) is 6.42 Å². The third kappa shape index (κ3) is 1.80. The number of carbonyl (C=O) groups excluding carboxylic acids is 1. The summed E-state index contributed by atoms with van der Waals surface area (Å²) in [6.07, 6.45) is 4.72. The molecule has 64 valence electrons. The normalized spacial score (nSPS) is 33.6. The summed E-state index contributed by atoms with van der Waals surface area (Å²) in [6.45, 7) is 2.05. The van der Waals surface area contributed by atoms with Crippen LogP contribution in [0.1, 0.15) is 26.2 Å². The molecule has 0 aromatic rings. The van der Waals surface area contributed by atoms with Crippen LogP contribution in [0.4, 0.5) is 0 Å². The van der Waals surface area contributed by atoms with Gasteiger partial charge in [0.2, 0.25) is 0 Å². The van der Waals surface area contributed by atoms with Gasteiger partial charge in [-0.05, 0) is 25.7 Å². The zero-order valence-electron chi connectivity index (χ0n) is 7.25. The highest BCUT2D eigenvalue weighted by Gasteiger charge is 2.30. The van der Waals surface area contributed by atoms with Crippen molar-refractivity contribution in [1.82, 2.24) is 0 Å². The standard InChI is InChI=1S/C9H16O2/c1-7(11-2)9-5-3-4-8(9)6-10/h6-9H,3-5H2,1-2H3/t7?,8-,9-/m1/s1. The Hall–Kier alpha value is -0.370. The summed E-state index contributed by atoms with van der Waals surface area (Å²) in [6, 6.07) is 0. The summed E-state index contributed by atoms with van der Waals surface area (Å²) in [7, 11) is 1.71. The van der Waals surface area contributed by atoms with Gasteiger partial charge in [-0.25, -0.2) is 0 Å². The minimum atomic E-state index is 0.243. The molecule has 0 aromatic heterocycles. The monoisotopic (exact) mass is 156 g/mol. The van der Waals surface area contributed by atoms with Crippen LogP contribution in [0, 0.1) is 11.8 Å². The average molecular weight is 156 g/mol. The fraction of sp³-hybridized carbons (Fsp3) is 0.889. The van der Waals surface area contributed by atoms with E-state index in [2.05, 4.69) is 0 Å². The first-order valence-electron chi connectivity index (χ1n) is 4.27. The van der Waals surface area contributed by atoms with Gasteiger partial charge >= 0.3 is 0 Å². The molecule has 2 nitrogen and oxygen atoms in total. The van der Waals surface area contributed by atoms with Crippen molar-refractivity contribution < 1.29 is 9.53 Å². The van der Waals surface area contributed by atoms with Crippen molar-refractivity contribution in [2.75, 3.05) is 7.11 Å². The van der Waals surface area contributed by atoms with Gasteiger partial charge in [-0.15, -0.1) is 0 Å². The van der Waals surface area contributed by atoms with E-state index in [-0.39, 0.29) is 12.0 Å². The zero-order chi connectivity index (χ0) is 8.27. The topological polar surface area (TPSA) is 26.3 Å². The van der Waals surface area contributed by atoms with Gasteiger partial charge in [0.05, 0.1) is 6.10 Å². The molecule has 0 bridgehead atoms. The molecule has 0 aliphatic heterocycles. The summed E-state index contributed by atoms with van der Waals surface area (Å²) in [5, 5.41) is 0. The van der Waals surface area contributed by atoms with Crippen molar-refractivity contribution in [2.45, 2.75) is 32.3 Å². The zero-order valence-corrected chi connectivity index (χ0v) is 7.25. The van der Waals surface area contributed by atoms with Gasteiger partial charge in [0.1, 0.15) is 6.29 Å². The lowest BCUT2D eigenvalue weighted by Crippen LogP contribution is -2.23. The van der Waals surface area contributed by atoms with Gasteiger partial charge in [-0.2, -0.15) is 0 Å². The predicted octanol–water partition coefficient (Wildman–Crippen LogP) is 1.64. The molecule has 2 heteroatoms. The fourth-order valence-electron chi connectivity index (χ4n) is 1.94. The van der Waals surface area contributed by atoms with Crippen LogP contribution in [0.5, 0.6) is 0 Å². The van der Waals surface area contributed by atoms with Crippen molar-refractivity contribution >= 4 is 6.29 Å². The summed E-state index contributed by atoms with van der Waals surface area (Å²) in [4.78, 5) is 10.6. The van der Waals surface area contributed by atoms with E-state index in [1.807, 2.05) is 6.92 Å². The SMILES string of the molecule is COC(C)[C@H]1CCC[C@@H]1C=O. The second-order valence-corrected chi connectivity index (χ2v) is 3.34. The number of rotatable bonds is 3. The highest BCUT2D eigenvalue weighted by Crippen LogP contribution is 2.33. The molecule has 0 amide bonds. The Morgan fingerprint density at radius 2 is 2.27 bits per heavy atom. The number of aldehydes is 1. The molecule has 0 spiro atoms. The highest BCUT2D eigenvalue weighted by atomic mass is 16.5. The molecular formula is C9H16O2. The van der Waals surface area contributed by atoms with Crippen molar-refractivity contribution in [1.29, 1.82) is 0 Å². The molecule has 0 saturated heterocycles. The number of hydrogen-bond acceptors (Lipinski definition) is 2. The molecule has 1 aliphatic rings. The molecule has 3 atom stereocenters. The fourth-order valence-corrected chi connectivity index (χ4v) is 1.94. The Balaban J connectivity index is 2.48. The average Bonchev–Trinajstić information content (AvgIpc) is 2.50. The molecule has 1 rings (SSSR count). The third-order valence-electron chi connectivity index (χ3n) is 2.77. The van der Waals surface area contributed by atoms with Gasteiger partial charge in [0.25, 0.3) is 0 Å². The summed E-state index contributed by atoms with van der Waals surface area (Å²) >= 11 is 0. The summed E-state index contributed by atoms with van der Waals surface area (Å²) in [5.74, 6) is 0.724. The van der Waals surface area contributed by atoms with E-state index < -0.39 is 0 Å². The van der Waals surface area contributed by atoms with E-state index >= 15 is 0 Å². The quantitative estimate of drug-likeness (QED) is 0.580. The minimum absolute atomic E-state index is 0.243. The molecule has 11 heavy (non-hydrogen) atoms. The Morgan fingerprint density at radius 1 is 1.55 bits per heavy atom. The van der Waals surface area contributed by atoms with Crippen molar-refractivity contribution in [2.24, 2.45) is 11.8 Å². The predicted molar refractivity (Wildman–Crippen MR) is 43.4 cm³/mol. The Morgan fingerprint density at radius 3 is 2.82 bits per heavy atom. The first kappa shape index (κ1) is 8.72. The molecular weight excluding hydrogens is 140 g/mol. The maximum Gasteiger partial charge on any atom is 0.123 e. The van der Waals surface area contributed by atoms with Crippen molar-refractivity contribution in [3.05, 3.63) is 0 Å². The summed E-state index contributed by atoms with van der Waals surface area (Å²) < 4.78 is 5.21. The van der Waals surface area contributed by atoms with Crippen LogP contribution in [-0.4, -0.2) is 19.5 Å². The highest BCUT2D eigenvalue weighted by molar-refractivity contribution is 5.54. The van der Waals surface area contributed by atoms with Crippen molar-refractivity contribution in [3.63, 3.8) is 0 Å². The Kier molecular flexibility index (Phi) is 3.06. The molecule has 0 radical (unpaired) electrons.